The van der Waals surface area contributed by atoms with E-state index in [9.17, 15) is 4.79 Å². The Labute approximate surface area is 167 Å². The summed E-state index contributed by atoms with van der Waals surface area (Å²) in [6, 6.07) is 18.1. The van der Waals surface area contributed by atoms with E-state index in [-0.39, 0.29) is 31.0 Å². The van der Waals surface area contributed by atoms with Crippen molar-refractivity contribution in [3.63, 3.8) is 0 Å². The lowest BCUT2D eigenvalue weighted by Gasteiger charge is -2.34. The van der Waals surface area contributed by atoms with Gasteiger partial charge in [-0.3, -0.25) is 9.69 Å². The fourth-order valence-electron chi connectivity index (χ4n) is 3.15. The number of halogens is 1. The van der Waals surface area contributed by atoms with E-state index in [0.29, 0.717) is 6.54 Å². The number of aryl methyl sites for hydroxylation is 1. The summed E-state index contributed by atoms with van der Waals surface area (Å²) in [5.41, 5.74) is 2.23. The number of nitrogens with zero attached hydrogens (tertiary/aromatic N) is 1. The van der Waals surface area contributed by atoms with Crippen LogP contribution in [0.15, 0.2) is 54.6 Å². The molecular formula is C21H27ClN2O3. The summed E-state index contributed by atoms with van der Waals surface area (Å²) in [4.78, 5) is 14.6. The quantitative estimate of drug-likeness (QED) is 0.789. The maximum absolute atomic E-state index is 12.3. The molecule has 6 heteroatoms. The largest absolute Gasteiger partial charge is 0.484 e. The maximum Gasteiger partial charge on any atom is 0.258 e. The molecule has 2 aromatic rings. The van der Waals surface area contributed by atoms with E-state index < -0.39 is 0 Å². The topological polar surface area (TPSA) is 50.8 Å². The third kappa shape index (κ3) is 6.24. The first-order valence-corrected chi connectivity index (χ1v) is 9.06. The molecule has 146 valence electrons. The van der Waals surface area contributed by atoms with E-state index in [1.54, 1.807) is 0 Å². The van der Waals surface area contributed by atoms with Crippen LogP contribution in [0.3, 0.4) is 0 Å². The molecule has 27 heavy (non-hydrogen) atoms. The van der Waals surface area contributed by atoms with Crippen LogP contribution in [0.2, 0.25) is 0 Å². The van der Waals surface area contributed by atoms with Crippen molar-refractivity contribution in [3.8, 4) is 5.75 Å². The highest BCUT2D eigenvalue weighted by Gasteiger charge is 2.23. The van der Waals surface area contributed by atoms with Gasteiger partial charge in [-0.05, 0) is 24.1 Å². The Morgan fingerprint density at radius 3 is 2.48 bits per heavy atom. The van der Waals surface area contributed by atoms with Gasteiger partial charge in [-0.25, -0.2) is 0 Å². The number of hydrogen-bond acceptors (Lipinski definition) is 4. The molecule has 1 aliphatic heterocycles. The second kappa shape index (κ2) is 10.9. The molecule has 0 radical (unpaired) electrons. The lowest BCUT2D eigenvalue weighted by Crippen LogP contribution is -2.44. The summed E-state index contributed by atoms with van der Waals surface area (Å²) >= 11 is 0. The minimum absolute atomic E-state index is 0. The minimum Gasteiger partial charge on any atom is -0.484 e. The Morgan fingerprint density at radius 1 is 1.11 bits per heavy atom. The van der Waals surface area contributed by atoms with Crippen molar-refractivity contribution < 1.29 is 14.3 Å². The predicted octanol–water partition coefficient (Wildman–Crippen LogP) is 2.99. The average molecular weight is 391 g/mol. The molecule has 2 aromatic carbocycles. The summed E-state index contributed by atoms with van der Waals surface area (Å²) in [6.07, 6.45) is 0. The first kappa shape index (κ1) is 21.2. The van der Waals surface area contributed by atoms with Crippen molar-refractivity contribution in [2.24, 2.45) is 0 Å². The predicted molar refractivity (Wildman–Crippen MR) is 109 cm³/mol. The number of nitrogens with one attached hydrogen (secondary N) is 1. The van der Waals surface area contributed by atoms with Crippen molar-refractivity contribution in [1.82, 2.24) is 10.2 Å². The number of hydrogen-bond donors (Lipinski definition) is 1. The monoisotopic (exact) mass is 390 g/mol. The third-order valence-corrected chi connectivity index (χ3v) is 4.62. The molecule has 0 spiro atoms. The summed E-state index contributed by atoms with van der Waals surface area (Å²) < 4.78 is 11.1. The molecule has 0 aliphatic carbocycles. The summed E-state index contributed by atoms with van der Waals surface area (Å²) in [5, 5.41) is 3.02. The van der Waals surface area contributed by atoms with Gasteiger partial charge < -0.3 is 14.8 Å². The number of amides is 1. The second-order valence-corrected chi connectivity index (χ2v) is 6.43. The number of rotatable bonds is 7. The van der Waals surface area contributed by atoms with Crippen molar-refractivity contribution in [2.75, 3.05) is 39.5 Å². The molecule has 0 aromatic heterocycles. The van der Waals surface area contributed by atoms with Gasteiger partial charge in [-0.1, -0.05) is 48.5 Å². The highest BCUT2D eigenvalue weighted by Crippen LogP contribution is 2.21. The molecule has 3 rings (SSSR count). The first-order valence-electron chi connectivity index (χ1n) is 9.06. The number of carbonyl (C=O) groups is 1. The van der Waals surface area contributed by atoms with E-state index in [4.69, 9.17) is 9.47 Å². The highest BCUT2D eigenvalue weighted by atomic mass is 35.5. The Hall–Kier alpha value is -2.08. The van der Waals surface area contributed by atoms with Crippen LogP contribution < -0.4 is 10.1 Å². The normalized spacial score (nSPS) is 15.4. The molecule has 1 aliphatic rings. The number of morpholine rings is 1. The van der Waals surface area contributed by atoms with E-state index >= 15 is 0 Å². The maximum atomic E-state index is 12.3. The molecule has 1 atom stereocenters. The van der Waals surface area contributed by atoms with Crippen LogP contribution in [0.5, 0.6) is 5.75 Å². The number of para-hydroxylation sites is 1. The zero-order valence-corrected chi connectivity index (χ0v) is 16.4. The first-order chi connectivity index (χ1) is 12.7. The van der Waals surface area contributed by atoms with E-state index in [1.807, 2.05) is 49.4 Å². The molecule has 1 amide bonds. The summed E-state index contributed by atoms with van der Waals surface area (Å²) in [7, 11) is 0. The molecule has 5 nitrogen and oxygen atoms in total. The molecular weight excluding hydrogens is 364 g/mol. The van der Waals surface area contributed by atoms with Gasteiger partial charge in [-0.15, -0.1) is 12.4 Å². The van der Waals surface area contributed by atoms with Crippen LogP contribution >= 0.6 is 12.4 Å². The van der Waals surface area contributed by atoms with Crippen LogP contribution in [0.1, 0.15) is 17.2 Å². The van der Waals surface area contributed by atoms with Crippen LogP contribution in [0.25, 0.3) is 0 Å². The van der Waals surface area contributed by atoms with E-state index in [1.165, 1.54) is 5.56 Å². The van der Waals surface area contributed by atoms with Gasteiger partial charge in [0.2, 0.25) is 0 Å². The van der Waals surface area contributed by atoms with Crippen molar-refractivity contribution >= 4 is 18.3 Å². The molecule has 1 N–H and O–H groups in total. The zero-order chi connectivity index (χ0) is 18.2. The Bertz CT molecular complexity index is 706. The smallest absolute Gasteiger partial charge is 0.258 e. The average Bonchev–Trinajstić information content (AvgIpc) is 2.69. The Kier molecular flexibility index (Phi) is 8.58. The third-order valence-electron chi connectivity index (χ3n) is 4.62. The molecule has 1 unspecified atom stereocenters. The fourth-order valence-corrected chi connectivity index (χ4v) is 3.15. The summed E-state index contributed by atoms with van der Waals surface area (Å²) in [6.45, 7) is 5.75. The van der Waals surface area contributed by atoms with Crippen molar-refractivity contribution in [2.45, 2.75) is 13.0 Å². The van der Waals surface area contributed by atoms with Crippen LogP contribution in [0.4, 0.5) is 0 Å². The summed E-state index contributed by atoms with van der Waals surface area (Å²) in [5.74, 6) is 0.637. The van der Waals surface area contributed by atoms with Gasteiger partial charge in [0.05, 0.1) is 19.3 Å². The van der Waals surface area contributed by atoms with Gasteiger partial charge in [0.25, 0.3) is 5.91 Å². The number of benzene rings is 2. The Morgan fingerprint density at radius 2 is 1.78 bits per heavy atom. The molecule has 1 saturated heterocycles. The molecule has 0 saturated carbocycles. The number of ether oxygens (including phenoxy) is 2. The lowest BCUT2D eigenvalue weighted by atomic mass is 10.0. The van der Waals surface area contributed by atoms with Gasteiger partial charge >= 0.3 is 0 Å². The standard InChI is InChI=1S/C21H26N2O3.ClH/c1-17-7-5-6-10-20(17)26-16-21(24)22-15-19(18-8-3-2-4-9-18)23-11-13-25-14-12-23;/h2-10,19H,11-16H2,1H3,(H,22,24);1H. The minimum atomic E-state index is -0.109. The van der Waals surface area contributed by atoms with Crippen molar-refractivity contribution in [3.05, 3.63) is 65.7 Å². The van der Waals surface area contributed by atoms with Gasteiger partial charge in [0, 0.05) is 19.6 Å². The number of carbonyl (C=O) groups excluding carboxylic acids is 1. The fraction of sp³-hybridized carbons (Fsp3) is 0.381. The van der Waals surface area contributed by atoms with Crippen LogP contribution in [-0.4, -0.2) is 50.3 Å². The van der Waals surface area contributed by atoms with Gasteiger partial charge in [0.15, 0.2) is 6.61 Å². The van der Waals surface area contributed by atoms with Crippen LogP contribution in [-0.2, 0) is 9.53 Å². The zero-order valence-electron chi connectivity index (χ0n) is 15.6. The molecule has 0 bridgehead atoms. The second-order valence-electron chi connectivity index (χ2n) is 6.43. The van der Waals surface area contributed by atoms with Gasteiger partial charge in [-0.2, -0.15) is 0 Å². The van der Waals surface area contributed by atoms with E-state index in [0.717, 1.165) is 37.6 Å². The van der Waals surface area contributed by atoms with Crippen molar-refractivity contribution in [1.29, 1.82) is 0 Å². The van der Waals surface area contributed by atoms with Crippen LogP contribution in [0, 0.1) is 6.92 Å². The Balaban J connectivity index is 0.00000261. The molecule has 1 fully saturated rings. The van der Waals surface area contributed by atoms with E-state index in [2.05, 4.69) is 22.3 Å². The lowest BCUT2D eigenvalue weighted by molar-refractivity contribution is -0.123. The van der Waals surface area contributed by atoms with Gasteiger partial charge in [0.1, 0.15) is 5.75 Å². The SMILES string of the molecule is Cc1ccccc1OCC(=O)NCC(c1ccccc1)N1CCOCC1.Cl. The molecule has 1 heterocycles. The highest BCUT2D eigenvalue weighted by molar-refractivity contribution is 5.85.